The molecule has 3 aromatic rings. The van der Waals surface area contributed by atoms with Crippen molar-refractivity contribution in [2.24, 2.45) is 0 Å². The highest BCUT2D eigenvalue weighted by Gasteiger charge is 2.14. The molecule has 0 bridgehead atoms. The standard InChI is InChI=1S/C25H23F5/c1-2-3-17-12-22(27)21(23(28)13-17)11-7-18-14-24(29)20(25(30)15-18)10-6-16-4-8-19(26)9-5-16/h4-5,8-9,12-15H,2-3,6-7,10-11H2,1H3. The maximum absolute atomic E-state index is 14.5. The Kier molecular flexibility index (Phi) is 7.24. The Bertz CT molecular complexity index is 963. The highest BCUT2D eigenvalue weighted by atomic mass is 19.1. The van der Waals surface area contributed by atoms with Crippen molar-refractivity contribution in [3.8, 4) is 0 Å². The summed E-state index contributed by atoms with van der Waals surface area (Å²) in [5.41, 5.74) is 1.59. The van der Waals surface area contributed by atoms with Crippen molar-refractivity contribution in [1.82, 2.24) is 0 Å². The lowest BCUT2D eigenvalue weighted by molar-refractivity contribution is 0.544. The van der Waals surface area contributed by atoms with Crippen LogP contribution < -0.4 is 0 Å². The van der Waals surface area contributed by atoms with Crippen LogP contribution in [-0.4, -0.2) is 0 Å². The third-order valence-corrected chi connectivity index (χ3v) is 5.18. The molecule has 30 heavy (non-hydrogen) atoms. The predicted octanol–water partition coefficient (Wildman–Crippen LogP) is 6.91. The van der Waals surface area contributed by atoms with E-state index in [0.29, 0.717) is 24.0 Å². The molecule has 0 aliphatic heterocycles. The molecule has 0 nitrogen and oxygen atoms in total. The molecule has 0 saturated heterocycles. The van der Waals surface area contributed by atoms with E-state index in [0.717, 1.165) is 12.0 Å². The zero-order valence-corrected chi connectivity index (χ0v) is 16.8. The molecule has 0 aliphatic rings. The van der Waals surface area contributed by atoms with Crippen molar-refractivity contribution in [1.29, 1.82) is 0 Å². The summed E-state index contributed by atoms with van der Waals surface area (Å²) in [6.45, 7) is 1.93. The van der Waals surface area contributed by atoms with Crippen LogP contribution in [0.2, 0.25) is 0 Å². The molecule has 0 aromatic heterocycles. The Morgan fingerprint density at radius 1 is 0.500 bits per heavy atom. The Morgan fingerprint density at radius 2 is 0.900 bits per heavy atom. The van der Waals surface area contributed by atoms with Gasteiger partial charge in [-0.05, 0) is 85.2 Å². The van der Waals surface area contributed by atoms with Gasteiger partial charge in [0.25, 0.3) is 0 Å². The van der Waals surface area contributed by atoms with Gasteiger partial charge in [0.1, 0.15) is 29.1 Å². The Balaban J connectivity index is 1.69. The number of hydrogen-bond donors (Lipinski definition) is 0. The maximum Gasteiger partial charge on any atom is 0.129 e. The van der Waals surface area contributed by atoms with Crippen LogP contribution in [0.25, 0.3) is 0 Å². The van der Waals surface area contributed by atoms with Crippen LogP contribution >= 0.6 is 0 Å². The van der Waals surface area contributed by atoms with E-state index in [1.54, 1.807) is 12.1 Å². The van der Waals surface area contributed by atoms with Gasteiger partial charge in [0.15, 0.2) is 0 Å². The Hall–Kier alpha value is -2.69. The van der Waals surface area contributed by atoms with Gasteiger partial charge in [-0.1, -0.05) is 25.5 Å². The molecule has 0 spiro atoms. The smallest absolute Gasteiger partial charge is 0.129 e. The van der Waals surface area contributed by atoms with Gasteiger partial charge in [0.05, 0.1) is 0 Å². The second-order valence-electron chi connectivity index (χ2n) is 7.45. The van der Waals surface area contributed by atoms with E-state index in [9.17, 15) is 22.0 Å². The highest BCUT2D eigenvalue weighted by Crippen LogP contribution is 2.22. The topological polar surface area (TPSA) is 0 Å². The van der Waals surface area contributed by atoms with Gasteiger partial charge in [0.2, 0.25) is 0 Å². The minimum absolute atomic E-state index is 0.0118. The third kappa shape index (κ3) is 5.47. The number of hydrogen-bond acceptors (Lipinski definition) is 0. The van der Waals surface area contributed by atoms with E-state index in [4.69, 9.17) is 0 Å². The highest BCUT2D eigenvalue weighted by molar-refractivity contribution is 5.31. The molecule has 0 N–H and O–H groups in total. The lowest BCUT2D eigenvalue weighted by Gasteiger charge is -2.10. The van der Waals surface area contributed by atoms with E-state index in [1.807, 2.05) is 6.92 Å². The first-order valence-corrected chi connectivity index (χ1v) is 10.1. The van der Waals surface area contributed by atoms with E-state index in [2.05, 4.69) is 0 Å². The summed E-state index contributed by atoms with van der Waals surface area (Å²) in [7, 11) is 0. The van der Waals surface area contributed by atoms with Crippen LogP contribution in [0.3, 0.4) is 0 Å². The molecule has 3 rings (SSSR count). The summed E-state index contributed by atoms with van der Waals surface area (Å²) in [5, 5.41) is 0. The lowest BCUT2D eigenvalue weighted by Crippen LogP contribution is -2.04. The van der Waals surface area contributed by atoms with Crippen molar-refractivity contribution in [3.63, 3.8) is 0 Å². The van der Waals surface area contributed by atoms with Crippen molar-refractivity contribution in [2.45, 2.75) is 45.4 Å². The fourth-order valence-corrected chi connectivity index (χ4v) is 3.56. The average Bonchev–Trinajstić information content (AvgIpc) is 2.68. The number of aryl methyl sites for hydroxylation is 3. The van der Waals surface area contributed by atoms with E-state index in [-0.39, 0.29) is 36.2 Å². The Labute approximate surface area is 173 Å². The van der Waals surface area contributed by atoms with Gasteiger partial charge in [-0.2, -0.15) is 0 Å². The molecule has 0 unspecified atom stereocenters. The SMILES string of the molecule is CCCc1cc(F)c(CCc2cc(F)c(CCc3ccc(F)cc3)c(F)c2)c(F)c1. The maximum atomic E-state index is 14.5. The second kappa shape index (κ2) is 9.88. The van der Waals surface area contributed by atoms with Crippen LogP contribution in [0.1, 0.15) is 41.2 Å². The van der Waals surface area contributed by atoms with Crippen LogP contribution in [0.5, 0.6) is 0 Å². The molecule has 5 heteroatoms. The van der Waals surface area contributed by atoms with E-state index < -0.39 is 23.3 Å². The number of rotatable bonds is 8. The summed E-state index contributed by atoms with van der Waals surface area (Å²) in [6, 6.07) is 10.8. The molecule has 0 aliphatic carbocycles. The van der Waals surface area contributed by atoms with Crippen molar-refractivity contribution in [3.05, 3.63) is 105 Å². The zero-order valence-electron chi connectivity index (χ0n) is 16.8. The fourth-order valence-electron chi connectivity index (χ4n) is 3.56. The van der Waals surface area contributed by atoms with Gasteiger partial charge in [-0.3, -0.25) is 0 Å². The minimum atomic E-state index is -0.689. The van der Waals surface area contributed by atoms with Crippen molar-refractivity contribution < 1.29 is 22.0 Å². The van der Waals surface area contributed by atoms with Crippen LogP contribution in [0.15, 0.2) is 48.5 Å². The van der Waals surface area contributed by atoms with E-state index >= 15 is 0 Å². The summed E-state index contributed by atoms with van der Waals surface area (Å²) < 4.78 is 70.3. The van der Waals surface area contributed by atoms with Gasteiger partial charge >= 0.3 is 0 Å². The molecule has 158 valence electrons. The first-order valence-electron chi connectivity index (χ1n) is 10.1. The third-order valence-electron chi connectivity index (χ3n) is 5.18. The largest absolute Gasteiger partial charge is 0.207 e. The summed E-state index contributed by atoms with van der Waals surface area (Å²) >= 11 is 0. The van der Waals surface area contributed by atoms with Gasteiger partial charge < -0.3 is 0 Å². The molecule has 0 heterocycles. The van der Waals surface area contributed by atoms with Gasteiger partial charge in [-0.25, -0.2) is 22.0 Å². The molecule has 0 saturated carbocycles. The fraction of sp³-hybridized carbons (Fsp3) is 0.280. The lowest BCUT2D eigenvalue weighted by atomic mass is 9.98. The van der Waals surface area contributed by atoms with Crippen LogP contribution in [0, 0.1) is 29.1 Å². The molecule has 3 aromatic carbocycles. The molecule has 0 atom stereocenters. The second-order valence-corrected chi connectivity index (χ2v) is 7.45. The Morgan fingerprint density at radius 3 is 1.33 bits per heavy atom. The summed E-state index contributed by atoms with van der Waals surface area (Å²) in [6.07, 6.45) is 2.00. The van der Waals surface area contributed by atoms with Crippen LogP contribution in [0.4, 0.5) is 22.0 Å². The first-order chi connectivity index (χ1) is 14.4. The van der Waals surface area contributed by atoms with Crippen molar-refractivity contribution in [2.75, 3.05) is 0 Å². The average molecular weight is 418 g/mol. The molecule has 0 amide bonds. The van der Waals surface area contributed by atoms with Crippen molar-refractivity contribution >= 4 is 0 Å². The zero-order chi connectivity index (χ0) is 21.7. The first kappa shape index (κ1) is 22.0. The molecule has 0 fully saturated rings. The minimum Gasteiger partial charge on any atom is -0.207 e. The molecule has 0 radical (unpaired) electrons. The van der Waals surface area contributed by atoms with Gasteiger partial charge in [0, 0.05) is 11.1 Å². The number of halogens is 5. The van der Waals surface area contributed by atoms with Gasteiger partial charge in [-0.15, -0.1) is 0 Å². The monoisotopic (exact) mass is 418 g/mol. The van der Waals surface area contributed by atoms with E-state index in [1.165, 1.54) is 36.4 Å². The predicted molar refractivity (Wildman–Crippen MR) is 108 cm³/mol. The normalized spacial score (nSPS) is 11.1. The molecular weight excluding hydrogens is 395 g/mol. The molecular formula is C25H23F5. The summed E-state index contributed by atoms with van der Waals surface area (Å²) in [5.74, 6) is -3.00. The van der Waals surface area contributed by atoms with Crippen LogP contribution in [-0.2, 0) is 32.1 Å². The summed E-state index contributed by atoms with van der Waals surface area (Å²) in [4.78, 5) is 0. The number of benzene rings is 3. The quantitative estimate of drug-likeness (QED) is 0.349.